The van der Waals surface area contributed by atoms with Gasteiger partial charge in [0.25, 0.3) is 5.56 Å². The SMILES string of the molecule is Cc1ccc2nc(COC(=O)/C=C/c3c(F)cccc3Cl)cc(=O)n2c1. The Kier molecular flexibility index (Phi) is 5.14. The quantitative estimate of drug-likeness (QED) is 0.519. The van der Waals surface area contributed by atoms with Crippen LogP contribution in [-0.4, -0.2) is 15.4 Å². The number of carbonyl (C=O) groups is 1. The second kappa shape index (κ2) is 7.49. The van der Waals surface area contributed by atoms with E-state index >= 15 is 0 Å². The van der Waals surface area contributed by atoms with E-state index in [-0.39, 0.29) is 22.8 Å². The lowest BCUT2D eigenvalue weighted by atomic mass is 10.2. The predicted octanol–water partition coefficient (Wildman–Crippen LogP) is 3.55. The summed E-state index contributed by atoms with van der Waals surface area (Å²) in [5.74, 6) is -1.24. The highest BCUT2D eigenvalue weighted by Crippen LogP contribution is 2.20. The van der Waals surface area contributed by atoms with Gasteiger partial charge in [-0.3, -0.25) is 9.20 Å². The van der Waals surface area contributed by atoms with Crippen molar-refractivity contribution in [2.45, 2.75) is 13.5 Å². The van der Waals surface area contributed by atoms with Gasteiger partial charge in [0, 0.05) is 23.9 Å². The summed E-state index contributed by atoms with van der Waals surface area (Å²) in [5.41, 5.74) is 1.55. The number of ether oxygens (including phenoxy) is 1. The molecule has 26 heavy (non-hydrogen) atoms. The van der Waals surface area contributed by atoms with Crippen LogP contribution < -0.4 is 5.56 Å². The summed E-state index contributed by atoms with van der Waals surface area (Å²) >= 11 is 5.88. The monoisotopic (exact) mass is 372 g/mol. The molecule has 0 atom stereocenters. The van der Waals surface area contributed by atoms with Crippen LogP contribution >= 0.6 is 11.6 Å². The maximum atomic E-state index is 13.6. The zero-order chi connectivity index (χ0) is 18.7. The van der Waals surface area contributed by atoms with E-state index in [1.54, 1.807) is 12.3 Å². The largest absolute Gasteiger partial charge is 0.456 e. The fourth-order valence-electron chi connectivity index (χ4n) is 2.35. The van der Waals surface area contributed by atoms with E-state index in [0.29, 0.717) is 11.3 Å². The summed E-state index contributed by atoms with van der Waals surface area (Å²) in [6.07, 6.45) is 3.99. The second-order valence-corrected chi connectivity index (χ2v) is 6.00. The zero-order valence-corrected chi connectivity index (χ0v) is 14.5. The zero-order valence-electron chi connectivity index (χ0n) is 13.8. The van der Waals surface area contributed by atoms with Gasteiger partial charge in [-0.1, -0.05) is 23.7 Å². The lowest BCUT2D eigenvalue weighted by molar-refractivity contribution is -0.139. The van der Waals surface area contributed by atoms with Crippen LogP contribution in [0.3, 0.4) is 0 Å². The van der Waals surface area contributed by atoms with E-state index < -0.39 is 11.8 Å². The highest BCUT2D eigenvalue weighted by atomic mass is 35.5. The summed E-state index contributed by atoms with van der Waals surface area (Å²) in [4.78, 5) is 28.2. The van der Waals surface area contributed by atoms with Gasteiger partial charge in [-0.05, 0) is 36.8 Å². The number of aromatic nitrogens is 2. The van der Waals surface area contributed by atoms with Crippen LogP contribution in [-0.2, 0) is 16.1 Å². The third-order valence-corrected chi connectivity index (χ3v) is 3.94. The van der Waals surface area contributed by atoms with Crippen molar-refractivity contribution in [1.82, 2.24) is 9.38 Å². The lowest BCUT2D eigenvalue weighted by Gasteiger charge is -2.05. The number of esters is 1. The molecule has 132 valence electrons. The van der Waals surface area contributed by atoms with E-state index in [1.165, 1.54) is 34.7 Å². The molecule has 0 amide bonds. The number of aryl methyl sites for hydroxylation is 1. The number of nitrogens with zero attached hydrogens (tertiary/aromatic N) is 2. The normalized spacial score (nSPS) is 11.2. The van der Waals surface area contributed by atoms with Gasteiger partial charge in [0.1, 0.15) is 18.1 Å². The topological polar surface area (TPSA) is 60.7 Å². The van der Waals surface area contributed by atoms with E-state index in [1.807, 2.05) is 13.0 Å². The number of hydrogen-bond donors (Lipinski definition) is 0. The molecule has 0 spiro atoms. The number of fused-ring (bicyclic) bond motifs is 1. The van der Waals surface area contributed by atoms with Gasteiger partial charge in [-0.2, -0.15) is 0 Å². The van der Waals surface area contributed by atoms with Crippen molar-refractivity contribution in [1.29, 1.82) is 0 Å². The van der Waals surface area contributed by atoms with Crippen LogP contribution in [0.15, 0.2) is 53.5 Å². The molecule has 2 heterocycles. The first-order chi connectivity index (χ1) is 12.4. The lowest BCUT2D eigenvalue weighted by Crippen LogP contribution is -2.16. The molecule has 0 saturated carbocycles. The number of benzene rings is 1. The molecule has 0 N–H and O–H groups in total. The third-order valence-electron chi connectivity index (χ3n) is 3.61. The Labute approximate surface area is 153 Å². The number of pyridine rings is 1. The third kappa shape index (κ3) is 3.97. The van der Waals surface area contributed by atoms with Crippen molar-refractivity contribution in [3.8, 4) is 0 Å². The van der Waals surface area contributed by atoms with Crippen molar-refractivity contribution in [3.63, 3.8) is 0 Å². The second-order valence-electron chi connectivity index (χ2n) is 5.60. The molecule has 0 bridgehead atoms. The number of hydrogen-bond acceptors (Lipinski definition) is 4. The molecule has 0 fully saturated rings. The van der Waals surface area contributed by atoms with Gasteiger partial charge in [0.15, 0.2) is 0 Å². The number of carbonyl (C=O) groups excluding carboxylic acids is 1. The molecule has 3 rings (SSSR count). The Morgan fingerprint density at radius 1 is 1.35 bits per heavy atom. The summed E-state index contributed by atoms with van der Waals surface area (Å²) in [5, 5.41) is 0.188. The summed E-state index contributed by atoms with van der Waals surface area (Å²) in [6, 6.07) is 9.07. The van der Waals surface area contributed by atoms with Crippen molar-refractivity contribution < 1.29 is 13.9 Å². The molecule has 0 aliphatic heterocycles. The van der Waals surface area contributed by atoms with E-state index in [0.717, 1.165) is 11.6 Å². The minimum Gasteiger partial charge on any atom is -0.456 e. The maximum absolute atomic E-state index is 13.6. The van der Waals surface area contributed by atoms with Gasteiger partial charge in [-0.15, -0.1) is 0 Å². The fraction of sp³-hybridized carbons (Fsp3) is 0.105. The molecule has 5 nitrogen and oxygen atoms in total. The summed E-state index contributed by atoms with van der Waals surface area (Å²) < 4.78 is 20.1. The molecule has 0 saturated heterocycles. The number of rotatable bonds is 4. The van der Waals surface area contributed by atoms with E-state index in [2.05, 4.69) is 4.98 Å². The van der Waals surface area contributed by atoms with Crippen LogP contribution in [0.1, 0.15) is 16.8 Å². The van der Waals surface area contributed by atoms with Gasteiger partial charge >= 0.3 is 5.97 Å². The first kappa shape index (κ1) is 17.8. The van der Waals surface area contributed by atoms with E-state index in [9.17, 15) is 14.0 Å². The molecule has 1 aromatic carbocycles. The van der Waals surface area contributed by atoms with Crippen LogP contribution in [0.25, 0.3) is 11.7 Å². The highest BCUT2D eigenvalue weighted by Gasteiger charge is 2.07. The van der Waals surface area contributed by atoms with Crippen molar-refractivity contribution in [2.75, 3.05) is 0 Å². The maximum Gasteiger partial charge on any atom is 0.331 e. The standard InChI is InChI=1S/C19H14ClFN2O3/c1-12-5-7-17-22-13(9-18(24)23(17)10-12)11-26-19(25)8-6-14-15(20)3-2-4-16(14)21/h2-10H,11H2,1H3/b8-6+. The van der Waals surface area contributed by atoms with Gasteiger partial charge < -0.3 is 4.74 Å². The fourth-order valence-corrected chi connectivity index (χ4v) is 2.57. The van der Waals surface area contributed by atoms with Crippen LogP contribution in [0.5, 0.6) is 0 Å². The molecule has 3 aromatic rings. The summed E-state index contributed by atoms with van der Waals surface area (Å²) in [7, 11) is 0. The molecule has 0 aliphatic rings. The predicted molar refractivity (Wildman–Crippen MR) is 96.4 cm³/mol. The molecular formula is C19H14ClFN2O3. The molecule has 2 aromatic heterocycles. The Balaban J connectivity index is 1.72. The molecular weight excluding hydrogens is 359 g/mol. The van der Waals surface area contributed by atoms with Gasteiger partial charge in [0.05, 0.1) is 10.7 Å². The molecule has 0 unspecified atom stereocenters. The molecule has 0 radical (unpaired) electrons. The van der Waals surface area contributed by atoms with E-state index in [4.69, 9.17) is 16.3 Å². The summed E-state index contributed by atoms with van der Waals surface area (Å²) in [6.45, 7) is 1.70. The average Bonchev–Trinajstić information content (AvgIpc) is 2.60. The van der Waals surface area contributed by atoms with Gasteiger partial charge in [-0.25, -0.2) is 14.2 Å². The van der Waals surface area contributed by atoms with Crippen LogP contribution in [0.2, 0.25) is 5.02 Å². The Morgan fingerprint density at radius 2 is 2.15 bits per heavy atom. The molecule has 0 aliphatic carbocycles. The Morgan fingerprint density at radius 3 is 2.92 bits per heavy atom. The smallest absolute Gasteiger partial charge is 0.331 e. The van der Waals surface area contributed by atoms with Crippen molar-refractivity contribution in [2.24, 2.45) is 0 Å². The van der Waals surface area contributed by atoms with Crippen LogP contribution in [0.4, 0.5) is 4.39 Å². The first-order valence-corrected chi connectivity index (χ1v) is 8.09. The first-order valence-electron chi connectivity index (χ1n) is 7.72. The van der Waals surface area contributed by atoms with Crippen molar-refractivity contribution >= 4 is 29.3 Å². The van der Waals surface area contributed by atoms with Crippen molar-refractivity contribution in [3.05, 3.63) is 86.7 Å². The molecule has 7 heteroatoms. The highest BCUT2D eigenvalue weighted by molar-refractivity contribution is 6.32. The number of halogens is 2. The average molecular weight is 373 g/mol. The minimum absolute atomic E-state index is 0.101. The Hall–Kier alpha value is -2.99. The Bertz CT molecular complexity index is 1060. The van der Waals surface area contributed by atoms with Gasteiger partial charge in [0.2, 0.25) is 0 Å². The van der Waals surface area contributed by atoms with Crippen LogP contribution in [0, 0.1) is 12.7 Å². The minimum atomic E-state index is -0.699.